The van der Waals surface area contributed by atoms with Crippen molar-refractivity contribution in [1.29, 1.82) is 0 Å². The molecule has 0 radical (unpaired) electrons. The third-order valence-electron chi connectivity index (χ3n) is 3.34. The van der Waals surface area contributed by atoms with Gasteiger partial charge in [-0.05, 0) is 24.3 Å². The third-order valence-corrected chi connectivity index (χ3v) is 3.34. The molecule has 0 unspecified atom stereocenters. The molecule has 1 saturated heterocycles. The number of urea groups is 1. The van der Waals surface area contributed by atoms with Crippen molar-refractivity contribution < 1.29 is 4.79 Å². The molecule has 0 atom stereocenters. The van der Waals surface area contributed by atoms with Crippen molar-refractivity contribution in [2.45, 2.75) is 26.3 Å². The van der Waals surface area contributed by atoms with Gasteiger partial charge in [-0.1, -0.05) is 37.3 Å². The molecule has 18 heavy (non-hydrogen) atoms. The van der Waals surface area contributed by atoms with Gasteiger partial charge in [0.05, 0.1) is 0 Å². The molecular formula is C14H21N3O. The van der Waals surface area contributed by atoms with E-state index < -0.39 is 0 Å². The molecule has 1 heterocycles. The Kier molecular flexibility index (Phi) is 4.59. The van der Waals surface area contributed by atoms with Crippen molar-refractivity contribution >= 4 is 6.03 Å². The van der Waals surface area contributed by atoms with E-state index in [4.69, 9.17) is 0 Å². The second kappa shape index (κ2) is 6.40. The van der Waals surface area contributed by atoms with Gasteiger partial charge in [-0.3, -0.25) is 5.43 Å². The van der Waals surface area contributed by atoms with Gasteiger partial charge in [0.25, 0.3) is 0 Å². The second-order valence-corrected chi connectivity index (χ2v) is 4.95. The number of carbonyl (C=O) groups excluding carboxylic acids is 1. The first-order chi connectivity index (χ1) is 8.74. The van der Waals surface area contributed by atoms with Crippen LogP contribution in [0.25, 0.3) is 0 Å². The minimum absolute atomic E-state index is 0.117. The number of hydrogen-bond donors (Lipinski definition) is 2. The van der Waals surface area contributed by atoms with E-state index >= 15 is 0 Å². The molecule has 0 bridgehead atoms. The van der Waals surface area contributed by atoms with Gasteiger partial charge in [0.1, 0.15) is 0 Å². The third kappa shape index (κ3) is 4.04. The van der Waals surface area contributed by atoms with Crippen molar-refractivity contribution in [2.75, 3.05) is 13.1 Å². The lowest BCUT2D eigenvalue weighted by Gasteiger charge is -2.30. The molecule has 2 N–H and O–H groups in total. The molecule has 4 heteroatoms. The Labute approximate surface area is 108 Å². The van der Waals surface area contributed by atoms with Crippen LogP contribution in [-0.4, -0.2) is 24.1 Å². The van der Waals surface area contributed by atoms with Crippen LogP contribution in [0.15, 0.2) is 30.3 Å². The van der Waals surface area contributed by atoms with Crippen LogP contribution in [0.2, 0.25) is 0 Å². The lowest BCUT2D eigenvalue weighted by atomic mass is 10.0. The van der Waals surface area contributed by atoms with Gasteiger partial charge in [-0.25, -0.2) is 9.80 Å². The van der Waals surface area contributed by atoms with E-state index in [-0.39, 0.29) is 6.03 Å². The fourth-order valence-corrected chi connectivity index (χ4v) is 2.08. The fraction of sp³-hybridized carbons (Fsp3) is 0.500. The average Bonchev–Trinajstić information content (AvgIpc) is 2.40. The van der Waals surface area contributed by atoms with Crippen LogP contribution < -0.4 is 10.7 Å². The highest BCUT2D eigenvalue weighted by Crippen LogP contribution is 2.13. The number of hydrogen-bond acceptors (Lipinski definition) is 2. The Morgan fingerprint density at radius 2 is 1.94 bits per heavy atom. The van der Waals surface area contributed by atoms with Gasteiger partial charge in [-0.15, -0.1) is 0 Å². The van der Waals surface area contributed by atoms with Crippen LogP contribution in [0.3, 0.4) is 0 Å². The molecule has 1 aliphatic heterocycles. The predicted molar refractivity (Wildman–Crippen MR) is 71.8 cm³/mol. The van der Waals surface area contributed by atoms with Crippen molar-refractivity contribution in [2.24, 2.45) is 5.92 Å². The van der Waals surface area contributed by atoms with E-state index in [0.717, 1.165) is 37.4 Å². The van der Waals surface area contributed by atoms with Gasteiger partial charge in [-0.2, -0.15) is 0 Å². The molecular weight excluding hydrogens is 226 g/mol. The molecule has 2 amide bonds. The monoisotopic (exact) mass is 247 g/mol. The van der Waals surface area contributed by atoms with Crippen LogP contribution in [0.1, 0.15) is 25.3 Å². The number of rotatable bonds is 3. The smallest absolute Gasteiger partial charge is 0.329 e. The summed E-state index contributed by atoms with van der Waals surface area (Å²) >= 11 is 0. The topological polar surface area (TPSA) is 44.4 Å². The molecule has 0 aliphatic carbocycles. The summed E-state index contributed by atoms with van der Waals surface area (Å²) in [6.07, 6.45) is 2.30. The molecule has 1 aromatic carbocycles. The first-order valence-electron chi connectivity index (χ1n) is 6.57. The molecule has 0 saturated carbocycles. The summed E-state index contributed by atoms with van der Waals surface area (Å²) in [5.41, 5.74) is 4.00. The van der Waals surface area contributed by atoms with Gasteiger partial charge in [0, 0.05) is 19.6 Å². The summed E-state index contributed by atoms with van der Waals surface area (Å²) in [7, 11) is 0. The Balaban J connectivity index is 1.69. The van der Waals surface area contributed by atoms with Gasteiger partial charge in [0.2, 0.25) is 0 Å². The number of nitrogens with zero attached hydrogens (tertiary/aromatic N) is 1. The predicted octanol–water partition coefficient (Wildman–Crippen LogP) is 2.13. The minimum Gasteiger partial charge on any atom is -0.333 e. The molecule has 98 valence electrons. The maximum Gasteiger partial charge on any atom is 0.329 e. The summed E-state index contributed by atoms with van der Waals surface area (Å²) in [5.74, 6) is 0.774. The van der Waals surface area contributed by atoms with Crippen LogP contribution in [0, 0.1) is 5.92 Å². The normalized spacial score (nSPS) is 17.4. The number of amides is 2. The molecule has 1 fully saturated rings. The molecule has 4 nitrogen and oxygen atoms in total. The number of hydrazine groups is 1. The summed E-state index contributed by atoms with van der Waals surface area (Å²) in [6.45, 7) is 4.71. The molecule has 0 aromatic heterocycles. The van der Waals surface area contributed by atoms with Crippen molar-refractivity contribution in [3.8, 4) is 0 Å². The van der Waals surface area contributed by atoms with Crippen molar-refractivity contribution in [3.05, 3.63) is 35.9 Å². The Morgan fingerprint density at radius 1 is 1.28 bits per heavy atom. The van der Waals surface area contributed by atoms with E-state index in [1.54, 1.807) is 0 Å². The highest BCUT2D eigenvalue weighted by Gasteiger charge is 2.16. The number of benzene rings is 1. The standard InChI is InChI=1S/C14H21N3O/c1-12-7-9-17(10-8-12)16-14(18)15-11-13-5-3-2-4-6-13/h2-6,12H,7-11H2,1H3,(H2,15,16,18). The van der Waals surface area contributed by atoms with Crippen LogP contribution in [0.4, 0.5) is 4.79 Å². The van der Waals surface area contributed by atoms with Crippen molar-refractivity contribution in [3.63, 3.8) is 0 Å². The maximum absolute atomic E-state index is 11.7. The minimum atomic E-state index is -0.117. The zero-order valence-corrected chi connectivity index (χ0v) is 10.9. The molecule has 2 rings (SSSR count). The molecule has 0 spiro atoms. The first-order valence-corrected chi connectivity index (χ1v) is 6.57. The van der Waals surface area contributed by atoms with Crippen molar-refractivity contribution in [1.82, 2.24) is 15.8 Å². The van der Waals surface area contributed by atoms with E-state index in [9.17, 15) is 4.79 Å². The quantitative estimate of drug-likeness (QED) is 0.859. The Hall–Kier alpha value is -1.55. The van der Waals surface area contributed by atoms with E-state index in [2.05, 4.69) is 17.7 Å². The van der Waals surface area contributed by atoms with Gasteiger partial charge < -0.3 is 5.32 Å². The van der Waals surface area contributed by atoms with E-state index in [1.807, 2.05) is 35.3 Å². The second-order valence-electron chi connectivity index (χ2n) is 4.95. The van der Waals surface area contributed by atoms with Crippen LogP contribution >= 0.6 is 0 Å². The lowest BCUT2D eigenvalue weighted by Crippen LogP contribution is -2.49. The summed E-state index contributed by atoms with van der Waals surface area (Å²) in [5, 5.41) is 4.87. The maximum atomic E-state index is 11.7. The van der Waals surface area contributed by atoms with Crippen LogP contribution in [-0.2, 0) is 6.54 Å². The highest BCUT2D eigenvalue weighted by atomic mass is 16.2. The Bertz CT molecular complexity index is 372. The number of nitrogens with one attached hydrogen (secondary N) is 2. The van der Waals surface area contributed by atoms with E-state index in [0.29, 0.717) is 6.54 Å². The van der Waals surface area contributed by atoms with Crippen LogP contribution in [0.5, 0.6) is 0 Å². The summed E-state index contributed by atoms with van der Waals surface area (Å²) in [4.78, 5) is 11.7. The van der Waals surface area contributed by atoms with E-state index in [1.165, 1.54) is 0 Å². The highest BCUT2D eigenvalue weighted by molar-refractivity contribution is 5.73. The van der Waals surface area contributed by atoms with Gasteiger partial charge in [0.15, 0.2) is 0 Å². The average molecular weight is 247 g/mol. The number of piperidine rings is 1. The van der Waals surface area contributed by atoms with Gasteiger partial charge >= 0.3 is 6.03 Å². The molecule has 1 aromatic rings. The lowest BCUT2D eigenvalue weighted by molar-refractivity contribution is 0.135. The summed E-state index contributed by atoms with van der Waals surface area (Å²) in [6, 6.07) is 9.81. The molecule has 1 aliphatic rings. The zero-order chi connectivity index (χ0) is 12.8. The fourth-order valence-electron chi connectivity index (χ4n) is 2.08. The largest absolute Gasteiger partial charge is 0.333 e. The zero-order valence-electron chi connectivity index (χ0n) is 10.9. The first kappa shape index (κ1) is 12.9. The SMILES string of the molecule is CC1CCN(NC(=O)NCc2ccccc2)CC1. The number of carbonyl (C=O) groups is 1. The Morgan fingerprint density at radius 3 is 2.61 bits per heavy atom. The summed E-state index contributed by atoms with van der Waals surface area (Å²) < 4.78 is 0.